The van der Waals surface area contributed by atoms with Gasteiger partial charge in [0.1, 0.15) is 5.78 Å². The Kier molecular flexibility index (Phi) is 13.1. The van der Waals surface area contributed by atoms with E-state index < -0.39 is 0 Å². The molecule has 0 spiro atoms. The summed E-state index contributed by atoms with van der Waals surface area (Å²) in [7, 11) is 0. The lowest BCUT2D eigenvalue weighted by Gasteiger charge is -1.79. The fourth-order valence-corrected chi connectivity index (χ4v) is 0.0680. The second-order valence-electron chi connectivity index (χ2n) is 1.61. The molecule has 0 bridgehead atoms. The average molecular weight is 146 g/mol. The molecular weight excluding hydrogens is 132 g/mol. The highest BCUT2D eigenvalue weighted by Crippen LogP contribution is 1.71. The van der Waals surface area contributed by atoms with E-state index in [1.807, 2.05) is 6.92 Å². The minimum atomic E-state index is 0.255. The number of ether oxygens (including phenoxy) is 1. The molecule has 3 nitrogen and oxygen atoms in total. The van der Waals surface area contributed by atoms with Crippen molar-refractivity contribution < 1.29 is 14.3 Å². The molecule has 0 aliphatic heterocycles. The lowest BCUT2D eigenvalue weighted by Crippen LogP contribution is -1.80. The third kappa shape index (κ3) is 27.3. The molecule has 0 aliphatic carbocycles. The van der Waals surface area contributed by atoms with Crippen LogP contribution in [0.1, 0.15) is 27.2 Å². The third-order valence-electron chi connectivity index (χ3n) is 0.733. The van der Waals surface area contributed by atoms with Gasteiger partial charge in [-0.1, -0.05) is 6.92 Å². The molecule has 0 aromatic heterocycles. The van der Waals surface area contributed by atoms with E-state index in [0.29, 0.717) is 19.5 Å². The van der Waals surface area contributed by atoms with Crippen molar-refractivity contribution >= 4 is 12.3 Å². The van der Waals surface area contributed by atoms with Gasteiger partial charge in [0.2, 0.25) is 0 Å². The smallest absolute Gasteiger partial charge is 0.293 e. The van der Waals surface area contributed by atoms with E-state index in [1.165, 1.54) is 0 Å². The molecule has 0 unspecified atom stereocenters. The number of hydrogen-bond acceptors (Lipinski definition) is 3. The van der Waals surface area contributed by atoms with Crippen LogP contribution < -0.4 is 0 Å². The summed E-state index contributed by atoms with van der Waals surface area (Å²) in [5.74, 6) is 0.255. The highest BCUT2D eigenvalue weighted by Gasteiger charge is 1.76. The molecule has 0 heterocycles. The molecule has 0 aromatic carbocycles. The Morgan fingerprint density at radius 2 is 1.90 bits per heavy atom. The molecule has 0 saturated carbocycles. The van der Waals surface area contributed by atoms with Crippen LogP contribution in [0.3, 0.4) is 0 Å². The summed E-state index contributed by atoms with van der Waals surface area (Å²) in [6.45, 7) is 6.10. The van der Waals surface area contributed by atoms with Crippen LogP contribution in [-0.4, -0.2) is 18.9 Å². The van der Waals surface area contributed by atoms with Gasteiger partial charge >= 0.3 is 0 Å². The quantitative estimate of drug-likeness (QED) is 0.561. The summed E-state index contributed by atoms with van der Waals surface area (Å²) in [4.78, 5) is 19.0. The fraction of sp³-hybridized carbons (Fsp3) is 0.714. The standard InChI is InChI=1S/C4H8O.C3H6O2/c1-3-4(2)5;1-2-5-3-4/h3H2,1-2H3;3H,2H2,1H3. The summed E-state index contributed by atoms with van der Waals surface area (Å²) in [6, 6.07) is 0. The van der Waals surface area contributed by atoms with Gasteiger partial charge in [0.05, 0.1) is 6.61 Å². The fourth-order valence-electron chi connectivity index (χ4n) is 0.0680. The van der Waals surface area contributed by atoms with E-state index in [2.05, 4.69) is 4.74 Å². The van der Waals surface area contributed by atoms with Gasteiger partial charge in [0, 0.05) is 6.42 Å². The summed E-state index contributed by atoms with van der Waals surface area (Å²) < 4.78 is 4.15. The number of Topliss-reactive ketones (excluding diaryl/α,β-unsaturated/α-hetero) is 1. The van der Waals surface area contributed by atoms with Crippen LogP contribution in [0.25, 0.3) is 0 Å². The van der Waals surface area contributed by atoms with E-state index in [-0.39, 0.29) is 5.78 Å². The topological polar surface area (TPSA) is 43.4 Å². The van der Waals surface area contributed by atoms with E-state index in [9.17, 15) is 9.59 Å². The van der Waals surface area contributed by atoms with Gasteiger partial charge in [-0.2, -0.15) is 0 Å². The van der Waals surface area contributed by atoms with E-state index in [0.717, 1.165) is 0 Å². The van der Waals surface area contributed by atoms with Crippen molar-refractivity contribution in [3.8, 4) is 0 Å². The van der Waals surface area contributed by atoms with Crippen LogP contribution in [-0.2, 0) is 14.3 Å². The summed E-state index contributed by atoms with van der Waals surface area (Å²) in [5.41, 5.74) is 0. The molecule has 0 N–H and O–H groups in total. The summed E-state index contributed by atoms with van der Waals surface area (Å²) in [6.07, 6.45) is 0.667. The number of ketones is 1. The molecule has 60 valence electrons. The van der Waals surface area contributed by atoms with Crippen molar-refractivity contribution in [2.45, 2.75) is 27.2 Å². The second kappa shape index (κ2) is 11.0. The van der Waals surface area contributed by atoms with Crippen molar-refractivity contribution in [2.75, 3.05) is 6.61 Å². The van der Waals surface area contributed by atoms with Crippen LogP contribution in [0.4, 0.5) is 0 Å². The second-order valence-corrected chi connectivity index (χ2v) is 1.61. The van der Waals surface area contributed by atoms with Crippen LogP contribution in [0, 0.1) is 0 Å². The molecule has 0 aromatic rings. The van der Waals surface area contributed by atoms with Gasteiger partial charge in [-0.25, -0.2) is 0 Å². The molecule has 3 heteroatoms. The number of rotatable bonds is 3. The van der Waals surface area contributed by atoms with E-state index >= 15 is 0 Å². The Balaban J connectivity index is 0. The lowest BCUT2D eigenvalue weighted by molar-refractivity contribution is -0.128. The van der Waals surface area contributed by atoms with Crippen LogP contribution >= 0.6 is 0 Å². The van der Waals surface area contributed by atoms with Gasteiger partial charge < -0.3 is 9.53 Å². The maximum atomic E-state index is 9.81. The molecular formula is C7H14O3. The van der Waals surface area contributed by atoms with E-state index in [4.69, 9.17) is 0 Å². The molecule has 0 rings (SSSR count). The van der Waals surface area contributed by atoms with Crippen molar-refractivity contribution in [1.82, 2.24) is 0 Å². The normalized spacial score (nSPS) is 7.10. The van der Waals surface area contributed by atoms with Gasteiger partial charge in [-0.05, 0) is 13.8 Å². The Hall–Kier alpha value is -0.860. The maximum Gasteiger partial charge on any atom is 0.293 e. The highest BCUT2D eigenvalue weighted by molar-refractivity contribution is 5.74. The van der Waals surface area contributed by atoms with Gasteiger partial charge in [0.15, 0.2) is 0 Å². The number of hydrogen-bond donors (Lipinski definition) is 0. The predicted molar refractivity (Wildman–Crippen MR) is 38.7 cm³/mol. The van der Waals surface area contributed by atoms with Crippen molar-refractivity contribution in [3.63, 3.8) is 0 Å². The zero-order valence-corrected chi connectivity index (χ0v) is 6.72. The Morgan fingerprint density at radius 3 is 1.90 bits per heavy atom. The van der Waals surface area contributed by atoms with Crippen LogP contribution in [0.15, 0.2) is 0 Å². The summed E-state index contributed by atoms with van der Waals surface area (Å²) >= 11 is 0. The summed E-state index contributed by atoms with van der Waals surface area (Å²) in [5, 5.41) is 0. The van der Waals surface area contributed by atoms with Crippen molar-refractivity contribution in [2.24, 2.45) is 0 Å². The van der Waals surface area contributed by atoms with Gasteiger partial charge in [-0.15, -0.1) is 0 Å². The maximum absolute atomic E-state index is 9.81. The molecule has 0 radical (unpaired) electrons. The molecule has 0 fully saturated rings. The molecule has 0 saturated heterocycles. The van der Waals surface area contributed by atoms with Crippen molar-refractivity contribution in [1.29, 1.82) is 0 Å². The first-order valence-electron chi connectivity index (χ1n) is 3.23. The Morgan fingerprint density at radius 1 is 1.50 bits per heavy atom. The monoisotopic (exact) mass is 146 g/mol. The molecule has 0 aliphatic rings. The first kappa shape index (κ1) is 11.9. The molecule has 0 atom stereocenters. The number of carbonyl (C=O) groups is 2. The first-order chi connectivity index (χ1) is 4.68. The SMILES string of the molecule is CCC(C)=O.CCOC=O. The lowest BCUT2D eigenvalue weighted by atomic mass is 10.4. The molecule has 10 heavy (non-hydrogen) atoms. The Bertz CT molecular complexity index is 88.9. The zero-order valence-electron chi connectivity index (χ0n) is 6.72. The van der Waals surface area contributed by atoms with Crippen molar-refractivity contribution in [3.05, 3.63) is 0 Å². The van der Waals surface area contributed by atoms with E-state index in [1.54, 1.807) is 13.8 Å². The predicted octanol–water partition coefficient (Wildman–Crippen LogP) is 1.16. The largest absolute Gasteiger partial charge is 0.468 e. The first-order valence-corrected chi connectivity index (χ1v) is 3.23. The minimum absolute atomic E-state index is 0.255. The van der Waals surface area contributed by atoms with Gasteiger partial charge in [-0.3, -0.25) is 4.79 Å². The average Bonchev–Trinajstić information content (AvgIpc) is 1.91. The Labute approximate surface area is 61.4 Å². The number of carbonyl (C=O) groups excluding carboxylic acids is 2. The minimum Gasteiger partial charge on any atom is -0.468 e. The third-order valence-corrected chi connectivity index (χ3v) is 0.733. The van der Waals surface area contributed by atoms with Crippen LogP contribution in [0.2, 0.25) is 0 Å². The highest BCUT2D eigenvalue weighted by atomic mass is 16.5. The zero-order chi connectivity index (χ0) is 8.41. The molecule has 0 amide bonds. The van der Waals surface area contributed by atoms with Crippen LogP contribution in [0.5, 0.6) is 0 Å². The van der Waals surface area contributed by atoms with Gasteiger partial charge in [0.25, 0.3) is 6.47 Å².